The molecular weight excluding hydrogens is 480 g/mol. The van der Waals surface area contributed by atoms with E-state index in [4.69, 9.17) is 11.6 Å². The number of halogens is 1. The standard InChI is InChI=1S/C27H19ClN4O4/c28-18-7-6-10-20(14-18)32-26(35)22(25(34)30-27(32)36)13-17-15-31(23-12-5-4-11-21(17)23)16-24(33)29-19-8-2-1-3-9-19/h1-15H,16H2,(H,29,33)(H,30,34,36)/b22-13-. The summed E-state index contributed by atoms with van der Waals surface area (Å²) in [4.78, 5) is 51.9. The van der Waals surface area contributed by atoms with Crippen molar-refractivity contribution < 1.29 is 19.2 Å². The van der Waals surface area contributed by atoms with Crippen molar-refractivity contribution in [3.05, 3.63) is 101 Å². The van der Waals surface area contributed by atoms with E-state index in [-0.39, 0.29) is 23.7 Å². The van der Waals surface area contributed by atoms with Crippen LogP contribution in [0.25, 0.3) is 17.0 Å². The van der Waals surface area contributed by atoms with Gasteiger partial charge >= 0.3 is 6.03 Å². The number of rotatable bonds is 5. The third-order valence-corrected chi connectivity index (χ3v) is 5.89. The summed E-state index contributed by atoms with van der Waals surface area (Å²) < 4.78 is 1.74. The van der Waals surface area contributed by atoms with Crippen molar-refractivity contribution in [2.75, 3.05) is 10.2 Å². The molecule has 1 aliphatic rings. The van der Waals surface area contributed by atoms with E-state index in [0.29, 0.717) is 16.3 Å². The zero-order valence-electron chi connectivity index (χ0n) is 18.8. The van der Waals surface area contributed by atoms with Gasteiger partial charge in [0, 0.05) is 33.4 Å². The van der Waals surface area contributed by atoms with Crippen molar-refractivity contribution >= 4 is 63.7 Å². The van der Waals surface area contributed by atoms with Gasteiger partial charge in [-0.15, -0.1) is 0 Å². The first-order chi connectivity index (χ1) is 17.4. The van der Waals surface area contributed by atoms with Crippen molar-refractivity contribution in [2.45, 2.75) is 6.54 Å². The molecule has 8 nitrogen and oxygen atoms in total. The molecule has 0 spiro atoms. The lowest BCUT2D eigenvalue weighted by Crippen LogP contribution is -2.54. The number of amides is 5. The van der Waals surface area contributed by atoms with Crippen molar-refractivity contribution in [2.24, 2.45) is 0 Å². The average molecular weight is 499 g/mol. The van der Waals surface area contributed by atoms with Crippen molar-refractivity contribution in [1.82, 2.24) is 9.88 Å². The number of nitrogens with one attached hydrogen (secondary N) is 2. The molecule has 0 atom stereocenters. The summed E-state index contributed by atoms with van der Waals surface area (Å²) >= 11 is 6.03. The fourth-order valence-corrected chi connectivity index (χ4v) is 4.24. The van der Waals surface area contributed by atoms with Crippen molar-refractivity contribution in [3.8, 4) is 0 Å². The molecule has 1 fully saturated rings. The molecule has 2 heterocycles. The Morgan fingerprint density at radius 2 is 1.69 bits per heavy atom. The molecule has 4 aromatic rings. The van der Waals surface area contributed by atoms with E-state index >= 15 is 0 Å². The highest BCUT2D eigenvalue weighted by molar-refractivity contribution is 6.39. The minimum absolute atomic E-state index is 0.0197. The topological polar surface area (TPSA) is 101 Å². The number of hydrogen-bond acceptors (Lipinski definition) is 4. The number of imide groups is 2. The molecular formula is C27H19ClN4O4. The maximum absolute atomic E-state index is 13.2. The Labute approximate surface area is 210 Å². The lowest BCUT2D eigenvalue weighted by Gasteiger charge is -2.26. The van der Waals surface area contributed by atoms with Crippen LogP contribution in [0.5, 0.6) is 0 Å². The zero-order valence-corrected chi connectivity index (χ0v) is 19.5. The Kier molecular flexibility index (Phi) is 6.10. The van der Waals surface area contributed by atoms with Crippen LogP contribution in [0.4, 0.5) is 16.2 Å². The number of fused-ring (bicyclic) bond motifs is 1. The van der Waals surface area contributed by atoms with Crippen LogP contribution in [0, 0.1) is 0 Å². The van der Waals surface area contributed by atoms with Crippen LogP contribution >= 0.6 is 11.6 Å². The maximum atomic E-state index is 13.2. The van der Waals surface area contributed by atoms with Crippen LogP contribution in [0.3, 0.4) is 0 Å². The molecule has 3 aromatic carbocycles. The van der Waals surface area contributed by atoms with Crippen LogP contribution in [0.2, 0.25) is 5.02 Å². The molecule has 2 N–H and O–H groups in total. The fourth-order valence-electron chi connectivity index (χ4n) is 4.06. The summed E-state index contributed by atoms with van der Waals surface area (Å²) in [6.45, 7) is 0.0197. The SMILES string of the molecule is O=C(Cn1cc(/C=C2/C(=O)NC(=O)N(c3cccc(Cl)c3)C2=O)c2ccccc21)Nc1ccccc1. The number of anilines is 2. The fraction of sp³-hybridized carbons (Fsp3) is 0.0370. The van der Waals surface area contributed by atoms with E-state index < -0.39 is 17.8 Å². The zero-order chi connectivity index (χ0) is 25.2. The van der Waals surface area contributed by atoms with E-state index in [2.05, 4.69) is 10.6 Å². The van der Waals surface area contributed by atoms with Crippen molar-refractivity contribution in [3.63, 3.8) is 0 Å². The molecule has 178 valence electrons. The van der Waals surface area contributed by atoms with Gasteiger partial charge in [-0.05, 0) is 42.5 Å². The Morgan fingerprint density at radius 1 is 0.944 bits per heavy atom. The minimum Gasteiger partial charge on any atom is -0.337 e. The highest BCUT2D eigenvalue weighted by Gasteiger charge is 2.37. The van der Waals surface area contributed by atoms with E-state index in [1.807, 2.05) is 42.5 Å². The summed E-state index contributed by atoms with van der Waals surface area (Å²) in [6.07, 6.45) is 3.12. The molecule has 0 unspecified atom stereocenters. The summed E-state index contributed by atoms with van der Waals surface area (Å²) in [6, 6.07) is 21.8. The van der Waals surface area contributed by atoms with Crippen LogP contribution in [-0.4, -0.2) is 28.3 Å². The third-order valence-electron chi connectivity index (χ3n) is 5.66. The van der Waals surface area contributed by atoms with E-state index in [0.717, 1.165) is 15.8 Å². The lowest BCUT2D eigenvalue weighted by atomic mass is 10.1. The van der Waals surface area contributed by atoms with Crippen LogP contribution in [-0.2, 0) is 20.9 Å². The van der Waals surface area contributed by atoms with E-state index in [1.165, 1.54) is 12.1 Å². The van der Waals surface area contributed by atoms with Gasteiger partial charge in [0.15, 0.2) is 0 Å². The largest absolute Gasteiger partial charge is 0.337 e. The second-order valence-electron chi connectivity index (χ2n) is 8.08. The lowest BCUT2D eigenvalue weighted by molar-refractivity contribution is -0.122. The monoisotopic (exact) mass is 498 g/mol. The third kappa shape index (κ3) is 4.49. The number of carbonyl (C=O) groups excluding carboxylic acids is 4. The highest BCUT2D eigenvalue weighted by atomic mass is 35.5. The minimum atomic E-state index is -0.857. The Hall–Kier alpha value is -4.69. The number of aromatic nitrogens is 1. The summed E-state index contributed by atoms with van der Waals surface area (Å²) in [5, 5.41) is 6.13. The van der Waals surface area contributed by atoms with Crippen LogP contribution in [0.15, 0.2) is 90.6 Å². The van der Waals surface area contributed by atoms with Gasteiger partial charge in [-0.2, -0.15) is 0 Å². The van der Waals surface area contributed by atoms with Gasteiger partial charge in [-0.1, -0.05) is 54.1 Å². The summed E-state index contributed by atoms with van der Waals surface area (Å²) in [7, 11) is 0. The predicted octanol–water partition coefficient (Wildman–Crippen LogP) is 4.60. The van der Waals surface area contributed by atoms with Gasteiger partial charge in [0.2, 0.25) is 5.91 Å². The molecule has 1 saturated heterocycles. The van der Waals surface area contributed by atoms with E-state index in [9.17, 15) is 19.2 Å². The second-order valence-corrected chi connectivity index (χ2v) is 8.52. The van der Waals surface area contributed by atoms with Gasteiger partial charge in [-0.25, -0.2) is 9.69 Å². The number of carbonyl (C=O) groups is 4. The quantitative estimate of drug-likeness (QED) is 0.310. The molecule has 9 heteroatoms. The average Bonchev–Trinajstić information content (AvgIpc) is 3.19. The predicted molar refractivity (Wildman–Crippen MR) is 137 cm³/mol. The number of nitrogens with zero attached hydrogens (tertiary/aromatic N) is 2. The van der Waals surface area contributed by atoms with Crippen LogP contribution in [0.1, 0.15) is 5.56 Å². The smallest absolute Gasteiger partial charge is 0.335 e. The van der Waals surface area contributed by atoms with Gasteiger partial charge in [-0.3, -0.25) is 19.7 Å². The molecule has 0 aliphatic carbocycles. The van der Waals surface area contributed by atoms with Crippen molar-refractivity contribution in [1.29, 1.82) is 0 Å². The first kappa shape index (κ1) is 23.1. The Balaban J connectivity index is 1.49. The molecule has 0 saturated carbocycles. The number of urea groups is 1. The molecule has 1 aliphatic heterocycles. The maximum Gasteiger partial charge on any atom is 0.335 e. The summed E-state index contributed by atoms with van der Waals surface area (Å²) in [5.74, 6) is -1.81. The number of hydrogen-bond donors (Lipinski definition) is 2. The molecule has 5 amide bonds. The van der Waals surface area contributed by atoms with Gasteiger partial charge in [0.25, 0.3) is 11.8 Å². The molecule has 5 rings (SSSR count). The normalized spacial score (nSPS) is 14.9. The number of para-hydroxylation sites is 2. The molecule has 0 bridgehead atoms. The number of barbiturate groups is 1. The van der Waals surface area contributed by atoms with Crippen LogP contribution < -0.4 is 15.5 Å². The first-order valence-corrected chi connectivity index (χ1v) is 11.4. The van der Waals surface area contributed by atoms with E-state index in [1.54, 1.807) is 41.1 Å². The number of benzene rings is 3. The van der Waals surface area contributed by atoms with Gasteiger partial charge < -0.3 is 9.88 Å². The summed E-state index contributed by atoms with van der Waals surface area (Å²) in [5.41, 5.74) is 2.00. The molecule has 36 heavy (non-hydrogen) atoms. The Bertz CT molecular complexity index is 1560. The molecule has 0 radical (unpaired) electrons. The second kappa shape index (κ2) is 9.52. The van der Waals surface area contributed by atoms with Gasteiger partial charge in [0.1, 0.15) is 12.1 Å². The Morgan fingerprint density at radius 3 is 2.47 bits per heavy atom. The molecule has 1 aromatic heterocycles. The van der Waals surface area contributed by atoms with Gasteiger partial charge in [0.05, 0.1) is 5.69 Å². The first-order valence-electron chi connectivity index (χ1n) is 11.0. The highest BCUT2D eigenvalue weighted by Crippen LogP contribution is 2.27.